The molecular formula is C14H31N3O. The molecule has 0 saturated carbocycles. The number of hydrogen-bond acceptors (Lipinski definition) is 2. The third kappa shape index (κ3) is 4.84. The van der Waals surface area contributed by atoms with Gasteiger partial charge in [-0.3, -0.25) is 4.90 Å². The van der Waals surface area contributed by atoms with Crippen molar-refractivity contribution in [3.63, 3.8) is 0 Å². The van der Waals surface area contributed by atoms with Crippen LogP contribution in [0.3, 0.4) is 0 Å². The van der Waals surface area contributed by atoms with Crippen LogP contribution in [-0.4, -0.2) is 67.0 Å². The standard InChI is InChI=1S/C12H25N3O.C2H6/c1-10(2)14(5)11-7-6-8-15(9-11)12(16)13(3)4;1-2/h10-11H,6-9H2,1-5H3;1-2H3. The van der Waals surface area contributed by atoms with Crippen LogP contribution < -0.4 is 0 Å². The zero-order chi connectivity index (χ0) is 14.3. The van der Waals surface area contributed by atoms with Gasteiger partial charge < -0.3 is 9.80 Å². The number of carbonyl (C=O) groups excluding carboxylic acids is 1. The molecular weight excluding hydrogens is 226 g/mol. The molecule has 1 aliphatic rings. The van der Waals surface area contributed by atoms with Crippen molar-refractivity contribution in [2.45, 2.75) is 52.6 Å². The molecule has 0 radical (unpaired) electrons. The third-order valence-corrected chi connectivity index (χ3v) is 3.44. The van der Waals surface area contributed by atoms with Gasteiger partial charge in [-0.1, -0.05) is 13.8 Å². The zero-order valence-electron chi connectivity index (χ0n) is 13.2. The van der Waals surface area contributed by atoms with E-state index in [0.717, 1.165) is 19.5 Å². The van der Waals surface area contributed by atoms with E-state index in [1.165, 1.54) is 6.42 Å². The summed E-state index contributed by atoms with van der Waals surface area (Å²) < 4.78 is 0. The van der Waals surface area contributed by atoms with E-state index < -0.39 is 0 Å². The summed E-state index contributed by atoms with van der Waals surface area (Å²) in [4.78, 5) is 17.9. The second-order valence-corrected chi connectivity index (χ2v) is 5.18. The Bertz CT molecular complexity index is 241. The first-order chi connectivity index (χ1) is 8.43. The highest BCUT2D eigenvalue weighted by atomic mass is 16.2. The van der Waals surface area contributed by atoms with Crippen LogP contribution in [0.15, 0.2) is 0 Å². The van der Waals surface area contributed by atoms with E-state index in [1.54, 1.807) is 4.90 Å². The Balaban J connectivity index is 0.00000137. The number of nitrogens with zero attached hydrogens (tertiary/aromatic N) is 3. The van der Waals surface area contributed by atoms with Crippen molar-refractivity contribution < 1.29 is 4.79 Å². The van der Waals surface area contributed by atoms with Gasteiger partial charge >= 0.3 is 6.03 Å². The van der Waals surface area contributed by atoms with Crippen LogP contribution in [0.4, 0.5) is 4.79 Å². The van der Waals surface area contributed by atoms with Crippen molar-refractivity contribution >= 4 is 6.03 Å². The maximum atomic E-state index is 11.9. The van der Waals surface area contributed by atoms with Gasteiger partial charge in [0.1, 0.15) is 0 Å². The molecule has 1 heterocycles. The molecule has 2 amide bonds. The summed E-state index contributed by atoms with van der Waals surface area (Å²) in [6, 6.07) is 1.19. The van der Waals surface area contributed by atoms with E-state index in [4.69, 9.17) is 0 Å². The molecule has 0 bridgehead atoms. The number of carbonyl (C=O) groups is 1. The number of urea groups is 1. The molecule has 1 unspecified atom stereocenters. The fourth-order valence-electron chi connectivity index (χ4n) is 2.17. The van der Waals surface area contributed by atoms with Crippen LogP contribution in [0.5, 0.6) is 0 Å². The molecule has 1 rings (SSSR count). The van der Waals surface area contributed by atoms with Crippen LogP contribution >= 0.6 is 0 Å². The summed E-state index contributed by atoms with van der Waals surface area (Å²) in [5, 5.41) is 0. The van der Waals surface area contributed by atoms with E-state index in [2.05, 4.69) is 25.8 Å². The number of hydrogen-bond donors (Lipinski definition) is 0. The van der Waals surface area contributed by atoms with E-state index in [1.807, 2.05) is 32.8 Å². The van der Waals surface area contributed by atoms with Crippen molar-refractivity contribution in [1.82, 2.24) is 14.7 Å². The summed E-state index contributed by atoms with van der Waals surface area (Å²) in [6.07, 6.45) is 2.31. The Kier molecular flexibility index (Phi) is 8.00. The van der Waals surface area contributed by atoms with Gasteiger partial charge in [-0.05, 0) is 33.7 Å². The van der Waals surface area contributed by atoms with E-state index in [-0.39, 0.29) is 6.03 Å². The fourth-order valence-corrected chi connectivity index (χ4v) is 2.17. The van der Waals surface area contributed by atoms with E-state index >= 15 is 0 Å². The average Bonchev–Trinajstić information content (AvgIpc) is 2.39. The number of piperidine rings is 1. The molecule has 0 aliphatic carbocycles. The molecule has 4 nitrogen and oxygen atoms in total. The second kappa shape index (κ2) is 8.35. The lowest BCUT2D eigenvalue weighted by Crippen LogP contribution is -2.52. The molecule has 18 heavy (non-hydrogen) atoms. The summed E-state index contributed by atoms with van der Waals surface area (Å²) in [5.41, 5.74) is 0. The molecule has 0 aromatic rings. The average molecular weight is 257 g/mol. The molecule has 1 fully saturated rings. The number of likely N-dealkylation sites (N-methyl/N-ethyl adjacent to an activating group) is 1. The molecule has 4 heteroatoms. The summed E-state index contributed by atoms with van der Waals surface area (Å²) in [5.74, 6) is 0. The maximum Gasteiger partial charge on any atom is 0.319 e. The first-order valence-electron chi connectivity index (χ1n) is 7.11. The van der Waals surface area contributed by atoms with Crippen LogP contribution in [0.1, 0.15) is 40.5 Å². The van der Waals surface area contributed by atoms with Gasteiger partial charge in [0.25, 0.3) is 0 Å². The SMILES string of the molecule is CC.CC(C)N(C)C1CCCN(C(=O)N(C)C)C1. The highest BCUT2D eigenvalue weighted by Gasteiger charge is 2.27. The first-order valence-corrected chi connectivity index (χ1v) is 7.11. The van der Waals surface area contributed by atoms with Crippen molar-refractivity contribution in [1.29, 1.82) is 0 Å². The minimum Gasteiger partial charge on any atom is -0.331 e. The number of likely N-dealkylation sites (tertiary alicyclic amines) is 1. The normalized spacial score (nSPS) is 19.6. The lowest BCUT2D eigenvalue weighted by Gasteiger charge is -2.40. The topological polar surface area (TPSA) is 26.8 Å². The first kappa shape index (κ1) is 17.2. The predicted octanol–water partition coefficient (Wildman–Crippen LogP) is 2.50. The van der Waals surface area contributed by atoms with Gasteiger partial charge in [-0.2, -0.15) is 0 Å². The predicted molar refractivity (Wildman–Crippen MR) is 77.9 cm³/mol. The monoisotopic (exact) mass is 257 g/mol. The molecule has 1 aliphatic heterocycles. The highest BCUT2D eigenvalue weighted by molar-refractivity contribution is 5.73. The Morgan fingerprint density at radius 2 is 1.78 bits per heavy atom. The van der Waals surface area contributed by atoms with Crippen molar-refractivity contribution in [2.24, 2.45) is 0 Å². The second-order valence-electron chi connectivity index (χ2n) is 5.18. The molecule has 0 N–H and O–H groups in total. The van der Waals surface area contributed by atoms with E-state index in [0.29, 0.717) is 12.1 Å². The molecule has 108 valence electrons. The summed E-state index contributed by atoms with van der Waals surface area (Å²) in [7, 11) is 5.79. The van der Waals surface area contributed by atoms with Crippen LogP contribution in [0, 0.1) is 0 Å². The largest absolute Gasteiger partial charge is 0.331 e. The quantitative estimate of drug-likeness (QED) is 0.760. The van der Waals surface area contributed by atoms with Crippen LogP contribution in [-0.2, 0) is 0 Å². The van der Waals surface area contributed by atoms with Crippen molar-refractivity contribution in [3.05, 3.63) is 0 Å². The Morgan fingerprint density at radius 1 is 1.22 bits per heavy atom. The van der Waals surface area contributed by atoms with Gasteiger partial charge in [-0.15, -0.1) is 0 Å². The zero-order valence-corrected chi connectivity index (χ0v) is 13.2. The van der Waals surface area contributed by atoms with Crippen LogP contribution in [0.25, 0.3) is 0 Å². The number of amides is 2. The Hall–Kier alpha value is -0.770. The third-order valence-electron chi connectivity index (χ3n) is 3.44. The Labute approximate surface area is 113 Å². The molecule has 0 spiro atoms. The molecule has 1 atom stereocenters. The lowest BCUT2D eigenvalue weighted by atomic mass is 10.0. The smallest absolute Gasteiger partial charge is 0.319 e. The van der Waals surface area contributed by atoms with E-state index in [9.17, 15) is 4.79 Å². The number of rotatable bonds is 2. The van der Waals surface area contributed by atoms with Gasteiger partial charge in [0.15, 0.2) is 0 Å². The van der Waals surface area contributed by atoms with Crippen molar-refractivity contribution in [3.8, 4) is 0 Å². The molecule has 0 aromatic heterocycles. The molecule has 0 aromatic carbocycles. The summed E-state index contributed by atoms with van der Waals surface area (Å²) in [6.45, 7) is 10.2. The fraction of sp³-hybridized carbons (Fsp3) is 0.929. The van der Waals surface area contributed by atoms with Gasteiger partial charge in [-0.25, -0.2) is 4.79 Å². The minimum absolute atomic E-state index is 0.141. The Morgan fingerprint density at radius 3 is 2.22 bits per heavy atom. The van der Waals surface area contributed by atoms with Gasteiger partial charge in [0.05, 0.1) is 0 Å². The summed E-state index contributed by atoms with van der Waals surface area (Å²) >= 11 is 0. The van der Waals surface area contributed by atoms with Crippen molar-refractivity contribution in [2.75, 3.05) is 34.2 Å². The van der Waals surface area contributed by atoms with Gasteiger partial charge in [0.2, 0.25) is 0 Å². The lowest BCUT2D eigenvalue weighted by molar-refractivity contribution is 0.0976. The maximum absolute atomic E-state index is 11.9. The minimum atomic E-state index is 0.141. The van der Waals surface area contributed by atoms with Gasteiger partial charge in [0, 0.05) is 39.3 Å². The molecule has 1 saturated heterocycles. The van der Waals surface area contributed by atoms with Crippen LogP contribution in [0.2, 0.25) is 0 Å². The highest BCUT2D eigenvalue weighted by Crippen LogP contribution is 2.17.